The van der Waals surface area contributed by atoms with Gasteiger partial charge in [-0.1, -0.05) is 19.3 Å². The third-order valence-corrected chi connectivity index (χ3v) is 6.95. The Labute approximate surface area is 219 Å². The van der Waals surface area contributed by atoms with Gasteiger partial charge in [0.05, 0.1) is 19.8 Å². The van der Waals surface area contributed by atoms with Crippen molar-refractivity contribution in [3.05, 3.63) is 54.2 Å². The number of amides is 2. The van der Waals surface area contributed by atoms with Gasteiger partial charge in [-0.25, -0.2) is 0 Å². The number of anilines is 1. The molecule has 1 aliphatic rings. The summed E-state index contributed by atoms with van der Waals surface area (Å²) in [6.07, 6.45) is 5.40. The highest BCUT2D eigenvalue weighted by Crippen LogP contribution is 2.31. The zero-order valence-electron chi connectivity index (χ0n) is 21.4. The minimum Gasteiger partial charge on any atom is -0.497 e. The van der Waals surface area contributed by atoms with Crippen LogP contribution in [0.2, 0.25) is 0 Å². The summed E-state index contributed by atoms with van der Waals surface area (Å²) in [5.41, 5.74) is 1.16. The van der Waals surface area contributed by atoms with Crippen molar-refractivity contribution in [1.82, 2.24) is 9.88 Å². The maximum absolute atomic E-state index is 13.6. The molecule has 1 atom stereocenters. The number of rotatable bonds is 10. The molecule has 3 aromatic rings. The van der Waals surface area contributed by atoms with Crippen LogP contribution in [0.3, 0.4) is 0 Å². The first-order valence-electron chi connectivity index (χ1n) is 12.5. The molecule has 38 heavy (non-hydrogen) atoms. The second-order valence-electron chi connectivity index (χ2n) is 9.33. The number of hydrogen-bond acceptors (Lipinski definition) is 6. The van der Waals surface area contributed by atoms with Gasteiger partial charge in [-0.3, -0.25) is 19.2 Å². The predicted molar refractivity (Wildman–Crippen MR) is 141 cm³/mol. The van der Waals surface area contributed by atoms with E-state index in [-0.39, 0.29) is 11.5 Å². The summed E-state index contributed by atoms with van der Waals surface area (Å²) in [7, 11) is 3.05. The van der Waals surface area contributed by atoms with Crippen molar-refractivity contribution in [3.63, 3.8) is 0 Å². The number of nitrogens with zero attached hydrogens (tertiary/aromatic N) is 1. The lowest BCUT2D eigenvalue weighted by Gasteiger charge is -2.36. The molecule has 1 heterocycles. The van der Waals surface area contributed by atoms with Crippen molar-refractivity contribution >= 4 is 40.2 Å². The zero-order chi connectivity index (χ0) is 27.2. The average molecular weight is 522 g/mol. The molecule has 2 amide bonds. The number of ether oxygens (including phenoxy) is 2. The topological polar surface area (TPSA) is 138 Å². The SMILES string of the molecule is COc1ccc(NC(=O)C(C2CCCCC2)N(CC(=O)O)C(=O)C(=O)c2c[nH]c3cc(OC)ccc23)cc1. The largest absolute Gasteiger partial charge is 0.497 e. The number of carbonyl (C=O) groups is 4. The van der Waals surface area contributed by atoms with Gasteiger partial charge >= 0.3 is 5.97 Å². The number of carbonyl (C=O) groups excluding carboxylic acids is 3. The highest BCUT2D eigenvalue weighted by Gasteiger charge is 2.40. The van der Waals surface area contributed by atoms with Crippen LogP contribution >= 0.6 is 0 Å². The Kier molecular flexibility index (Phi) is 8.30. The van der Waals surface area contributed by atoms with Crippen molar-refractivity contribution in [2.45, 2.75) is 38.1 Å². The number of aliphatic carboxylic acids is 1. The van der Waals surface area contributed by atoms with E-state index in [4.69, 9.17) is 9.47 Å². The molecule has 0 bridgehead atoms. The lowest BCUT2D eigenvalue weighted by Crippen LogP contribution is -2.55. The van der Waals surface area contributed by atoms with Crippen LogP contribution in [0.15, 0.2) is 48.7 Å². The highest BCUT2D eigenvalue weighted by molar-refractivity contribution is 6.45. The Bertz CT molecular complexity index is 1330. The number of hydrogen-bond donors (Lipinski definition) is 3. The fraction of sp³-hybridized carbons (Fsp3) is 0.357. The van der Waals surface area contributed by atoms with Crippen molar-refractivity contribution in [3.8, 4) is 11.5 Å². The maximum atomic E-state index is 13.6. The van der Waals surface area contributed by atoms with Gasteiger partial charge in [0.1, 0.15) is 24.1 Å². The minimum atomic E-state index is -1.31. The first-order valence-corrected chi connectivity index (χ1v) is 12.5. The first kappa shape index (κ1) is 26.7. The highest BCUT2D eigenvalue weighted by atomic mass is 16.5. The summed E-state index contributed by atoms with van der Waals surface area (Å²) in [4.78, 5) is 56.5. The molecule has 4 rings (SSSR count). The molecule has 3 N–H and O–H groups in total. The molecule has 1 aromatic heterocycles. The Morgan fingerprint density at radius 3 is 2.29 bits per heavy atom. The second kappa shape index (κ2) is 11.8. The van der Waals surface area contributed by atoms with Gasteiger partial charge in [-0.05, 0) is 55.2 Å². The van der Waals surface area contributed by atoms with Crippen LogP contribution in [0.25, 0.3) is 10.9 Å². The van der Waals surface area contributed by atoms with E-state index in [9.17, 15) is 24.3 Å². The molecule has 1 saturated carbocycles. The number of H-pyrrole nitrogens is 1. The minimum absolute atomic E-state index is 0.0981. The van der Waals surface area contributed by atoms with Crippen LogP contribution in [0.1, 0.15) is 42.5 Å². The van der Waals surface area contributed by atoms with Gasteiger partial charge in [-0.15, -0.1) is 0 Å². The first-order chi connectivity index (χ1) is 18.3. The monoisotopic (exact) mass is 521 g/mol. The van der Waals surface area contributed by atoms with E-state index in [2.05, 4.69) is 10.3 Å². The van der Waals surface area contributed by atoms with Gasteiger partial charge in [-0.2, -0.15) is 0 Å². The molecular formula is C28H31N3O7. The Hall–Kier alpha value is -4.34. The molecule has 0 radical (unpaired) electrons. The van der Waals surface area contributed by atoms with E-state index in [1.54, 1.807) is 42.5 Å². The molecule has 2 aromatic carbocycles. The zero-order valence-corrected chi connectivity index (χ0v) is 21.4. The van der Waals surface area contributed by atoms with Gasteiger partial charge in [0.25, 0.3) is 11.7 Å². The number of aromatic nitrogens is 1. The summed E-state index contributed by atoms with van der Waals surface area (Å²) < 4.78 is 10.4. The number of fused-ring (bicyclic) bond motifs is 1. The predicted octanol–water partition coefficient (Wildman–Crippen LogP) is 3.87. The number of ketones is 1. The van der Waals surface area contributed by atoms with Gasteiger partial charge in [0.15, 0.2) is 0 Å². The van der Waals surface area contributed by atoms with E-state index in [0.29, 0.717) is 40.9 Å². The van der Waals surface area contributed by atoms with E-state index in [0.717, 1.165) is 24.2 Å². The number of Topliss-reactive ketones (excluding diaryl/α,β-unsaturated/α-hetero) is 1. The Morgan fingerprint density at radius 2 is 1.66 bits per heavy atom. The maximum Gasteiger partial charge on any atom is 0.323 e. The Morgan fingerprint density at radius 1 is 1.00 bits per heavy atom. The quantitative estimate of drug-likeness (QED) is 0.272. The molecule has 10 heteroatoms. The number of benzene rings is 2. The average Bonchev–Trinajstić information content (AvgIpc) is 3.36. The van der Waals surface area contributed by atoms with Crippen LogP contribution in [-0.2, 0) is 14.4 Å². The molecule has 0 aliphatic heterocycles. The molecule has 1 aliphatic carbocycles. The van der Waals surface area contributed by atoms with E-state index in [1.807, 2.05) is 0 Å². The molecular weight excluding hydrogens is 490 g/mol. The van der Waals surface area contributed by atoms with Gasteiger partial charge in [0.2, 0.25) is 5.91 Å². The fourth-order valence-corrected chi connectivity index (χ4v) is 5.06. The van der Waals surface area contributed by atoms with Crippen molar-refractivity contribution in [2.75, 3.05) is 26.1 Å². The summed E-state index contributed by atoms with van der Waals surface area (Å²) in [5.74, 6) is -2.88. The van der Waals surface area contributed by atoms with Crippen molar-refractivity contribution < 1.29 is 33.8 Å². The summed E-state index contributed by atoms with van der Waals surface area (Å²) in [5, 5.41) is 13.0. The van der Waals surface area contributed by atoms with Crippen LogP contribution in [0.4, 0.5) is 5.69 Å². The van der Waals surface area contributed by atoms with Crippen LogP contribution in [-0.4, -0.2) is 65.4 Å². The summed E-state index contributed by atoms with van der Waals surface area (Å²) >= 11 is 0. The second-order valence-corrected chi connectivity index (χ2v) is 9.33. The molecule has 1 fully saturated rings. The lowest BCUT2D eigenvalue weighted by atomic mass is 9.82. The summed E-state index contributed by atoms with van der Waals surface area (Å²) in [6.45, 7) is -0.780. The normalized spacial score (nSPS) is 14.5. The molecule has 0 spiro atoms. The molecule has 10 nitrogen and oxygen atoms in total. The van der Waals surface area contributed by atoms with Crippen LogP contribution in [0.5, 0.6) is 11.5 Å². The molecule has 1 unspecified atom stereocenters. The summed E-state index contributed by atoms with van der Waals surface area (Å²) in [6, 6.07) is 10.6. The fourth-order valence-electron chi connectivity index (χ4n) is 5.06. The third-order valence-electron chi connectivity index (χ3n) is 6.95. The number of methoxy groups -OCH3 is 2. The smallest absolute Gasteiger partial charge is 0.323 e. The van der Waals surface area contributed by atoms with Crippen molar-refractivity contribution in [1.29, 1.82) is 0 Å². The van der Waals surface area contributed by atoms with Crippen molar-refractivity contribution in [2.24, 2.45) is 5.92 Å². The number of carboxylic acid groups (broad SMARTS) is 1. The molecule has 200 valence electrons. The van der Waals surface area contributed by atoms with E-state index < -0.39 is 36.2 Å². The van der Waals surface area contributed by atoms with Crippen LogP contribution in [0, 0.1) is 5.92 Å². The van der Waals surface area contributed by atoms with Crippen LogP contribution < -0.4 is 14.8 Å². The Balaban J connectivity index is 1.67. The van der Waals surface area contributed by atoms with Gasteiger partial charge < -0.3 is 29.8 Å². The van der Waals surface area contributed by atoms with Gasteiger partial charge in [0, 0.05) is 28.9 Å². The third kappa shape index (κ3) is 5.80. The number of aromatic amines is 1. The van der Waals surface area contributed by atoms with E-state index >= 15 is 0 Å². The lowest BCUT2D eigenvalue weighted by molar-refractivity contribution is -0.147. The number of carboxylic acids is 1. The standard InChI is InChI=1S/C28H31N3O7/c1-37-19-10-8-18(9-11-19)30-27(35)25(17-6-4-3-5-7-17)31(16-24(32)33)28(36)26(34)22-15-29-23-14-20(38-2)12-13-21(22)23/h8-15,17,25,29H,3-7,16H2,1-2H3,(H,30,35)(H,32,33). The number of nitrogens with one attached hydrogen (secondary N) is 2. The van der Waals surface area contributed by atoms with E-state index in [1.165, 1.54) is 20.4 Å². The molecule has 0 saturated heterocycles.